The lowest BCUT2D eigenvalue weighted by atomic mass is 10.2. The first kappa shape index (κ1) is 12.2. The lowest BCUT2D eigenvalue weighted by Gasteiger charge is -2.06. The maximum absolute atomic E-state index is 13.5. The molecule has 0 aliphatic rings. The summed E-state index contributed by atoms with van der Waals surface area (Å²) in [7, 11) is 0. The Hall–Kier alpha value is -1.26. The lowest BCUT2D eigenvalue weighted by Crippen LogP contribution is -2.14. The molecular formula is C13H12BrFN2. The van der Waals surface area contributed by atoms with Gasteiger partial charge in [0.15, 0.2) is 0 Å². The van der Waals surface area contributed by atoms with E-state index in [1.807, 2.05) is 24.3 Å². The SMILES string of the molecule is Fc1cc(Br)ccc1CNCc1ccccn1. The highest BCUT2D eigenvalue weighted by atomic mass is 79.9. The van der Waals surface area contributed by atoms with Crippen molar-refractivity contribution in [3.05, 3.63) is 64.1 Å². The summed E-state index contributed by atoms with van der Waals surface area (Å²) in [5, 5.41) is 3.16. The second kappa shape index (κ2) is 5.89. The van der Waals surface area contributed by atoms with Crippen LogP contribution in [0.4, 0.5) is 4.39 Å². The minimum atomic E-state index is -0.201. The Balaban J connectivity index is 1.90. The highest BCUT2D eigenvalue weighted by Crippen LogP contribution is 2.15. The summed E-state index contributed by atoms with van der Waals surface area (Å²) in [4.78, 5) is 4.18. The third-order valence-corrected chi connectivity index (χ3v) is 2.86. The van der Waals surface area contributed by atoms with Crippen molar-refractivity contribution in [2.75, 3.05) is 0 Å². The van der Waals surface area contributed by atoms with E-state index in [2.05, 4.69) is 26.2 Å². The van der Waals surface area contributed by atoms with Crippen LogP contribution in [0, 0.1) is 5.82 Å². The molecule has 0 bridgehead atoms. The molecule has 0 saturated carbocycles. The van der Waals surface area contributed by atoms with Crippen LogP contribution < -0.4 is 5.32 Å². The predicted octanol–water partition coefficient (Wildman–Crippen LogP) is 3.27. The molecule has 0 aliphatic carbocycles. The third kappa shape index (κ3) is 3.61. The van der Waals surface area contributed by atoms with Crippen molar-refractivity contribution in [3.8, 4) is 0 Å². The number of halogens is 2. The van der Waals surface area contributed by atoms with Gasteiger partial charge in [-0.15, -0.1) is 0 Å². The van der Waals surface area contributed by atoms with Crippen molar-refractivity contribution in [1.29, 1.82) is 0 Å². The number of pyridine rings is 1. The minimum Gasteiger partial charge on any atom is -0.307 e. The summed E-state index contributed by atoms with van der Waals surface area (Å²) >= 11 is 3.23. The average molecular weight is 295 g/mol. The summed E-state index contributed by atoms with van der Waals surface area (Å²) in [5.41, 5.74) is 1.61. The van der Waals surface area contributed by atoms with Crippen molar-refractivity contribution < 1.29 is 4.39 Å². The largest absolute Gasteiger partial charge is 0.307 e. The lowest BCUT2D eigenvalue weighted by molar-refractivity contribution is 0.585. The standard InChI is InChI=1S/C13H12BrFN2/c14-11-5-4-10(13(15)7-11)8-16-9-12-3-1-2-6-17-12/h1-7,16H,8-9H2. The Labute approximate surface area is 108 Å². The summed E-state index contributed by atoms with van der Waals surface area (Å²) in [6.45, 7) is 1.13. The second-order valence-electron chi connectivity index (χ2n) is 3.66. The van der Waals surface area contributed by atoms with Gasteiger partial charge < -0.3 is 5.32 Å². The molecule has 0 atom stereocenters. The maximum atomic E-state index is 13.5. The number of nitrogens with zero attached hydrogens (tertiary/aromatic N) is 1. The van der Waals surface area contributed by atoms with Gasteiger partial charge >= 0.3 is 0 Å². The number of benzene rings is 1. The molecule has 0 saturated heterocycles. The minimum absolute atomic E-state index is 0.201. The van der Waals surface area contributed by atoms with Gasteiger partial charge in [0.2, 0.25) is 0 Å². The molecule has 1 aromatic carbocycles. The molecule has 0 unspecified atom stereocenters. The third-order valence-electron chi connectivity index (χ3n) is 2.36. The Kier molecular flexibility index (Phi) is 4.23. The van der Waals surface area contributed by atoms with Crippen LogP contribution in [0.3, 0.4) is 0 Å². The van der Waals surface area contributed by atoms with Crippen LogP contribution >= 0.6 is 15.9 Å². The van der Waals surface area contributed by atoms with E-state index in [0.29, 0.717) is 18.7 Å². The normalized spacial score (nSPS) is 10.5. The van der Waals surface area contributed by atoms with Crippen LogP contribution in [0.1, 0.15) is 11.3 Å². The van der Waals surface area contributed by atoms with Gasteiger partial charge in [-0.25, -0.2) is 4.39 Å². The molecule has 2 nitrogen and oxygen atoms in total. The smallest absolute Gasteiger partial charge is 0.128 e. The van der Waals surface area contributed by atoms with E-state index in [-0.39, 0.29) is 5.82 Å². The topological polar surface area (TPSA) is 24.9 Å². The van der Waals surface area contributed by atoms with E-state index >= 15 is 0 Å². The summed E-state index contributed by atoms with van der Waals surface area (Å²) in [6.07, 6.45) is 1.75. The van der Waals surface area contributed by atoms with Gasteiger partial charge in [0.1, 0.15) is 5.82 Å². The van der Waals surface area contributed by atoms with Crippen LogP contribution in [0.2, 0.25) is 0 Å². The summed E-state index contributed by atoms with van der Waals surface area (Å²) < 4.78 is 14.2. The Morgan fingerprint density at radius 3 is 2.76 bits per heavy atom. The van der Waals surface area contributed by atoms with E-state index in [1.54, 1.807) is 12.3 Å². The molecule has 0 spiro atoms. The first-order valence-corrected chi connectivity index (χ1v) is 6.09. The molecule has 1 aromatic heterocycles. The molecule has 0 fully saturated rings. The van der Waals surface area contributed by atoms with Gasteiger partial charge in [-0.3, -0.25) is 4.98 Å². The van der Waals surface area contributed by atoms with Crippen LogP contribution in [0.5, 0.6) is 0 Å². The molecule has 4 heteroatoms. The van der Waals surface area contributed by atoms with Gasteiger partial charge in [-0.05, 0) is 24.3 Å². The van der Waals surface area contributed by atoms with Gasteiger partial charge in [0.05, 0.1) is 5.69 Å². The highest BCUT2D eigenvalue weighted by Gasteiger charge is 2.02. The summed E-state index contributed by atoms with van der Waals surface area (Å²) in [6, 6.07) is 10.8. The molecule has 1 N–H and O–H groups in total. The molecule has 0 aliphatic heterocycles. The number of aromatic nitrogens is 1. The fraction of sp³-hybridized carbons (Fsp3) is 0.154. The molecule has 88 valence electrons. The fourth-order valence-corrected chi connectivity index (χ4v) is 1.83. The zero-order valence-electron chi connectivity index (χ0n) is 9.16. The van der Waals surface area contributed by atoms with Gasteiger partial charge in [-0.1, -0.05) is 28.1 Å². The Morgan fingerprint density at radius 2 is 2.06 bits per heavy atom. The molecule has 17 heavy (non-hydrogen) atoms. The van der Waals surface area contributed by atoms with Crippen LogP contribution in [0.25, 0.3) is 0 Å². The Morgan fingerprint density at radius 1 is 1.18 bits per heavy atom. The van der Waals surface area contributed by atoms with Gasteiger partial charge in [0, 0.05) is 29.3 Å². The van der Waals surface area contributed by atoms with Gasteiger partial charge in [0.25, 0.3) is 0 Å². The first-order chi connectivity index (χ1) is 8.25. The molecule has 0 radical (unpaired) electrons. The number of hydrogen-bond acceptors (Lipinski definition) is 2. The molecular weight excluding hydrogens is 283 g/mol. The number of hydrogen-bond donors (Lipinski definition) is 1. The number of nitrogens with one attached hydrogen (secondary N) is 1. The monoisotopic (exact) mass is 294 g/mol. The van der Waals surface area contributed by atoms with E-state index < -0.39 is 0 Å². The Bertz CT molecular complexity index is 488. The second-order valence-corrected chi connectivity index (χ2v) is 4.58. The van der Waals surface area contributed by atoms with Crippen molar-refractivity contribution in [2.45, 2.75) is 13.1 Å². The van der Waals surface area contributed by atoms with Crippen molar-refractivity contribution in [2.24, 2.45) is 0 Å². The van der Waals surface area contributed by atoms with E-state index in [4.69, 9.17) is 0 Å². The van der Waals surface area contributed by atoms with Crippen molar-refractivity contribution >= 4 is 15.9 Å². The fourth-order valence-electron chi connectivity index (χ4n) is 1.49. The van der Waals surface area contributed by atoms with Crippen molar-refractivity contribution in [3.63, 3.8) is 0 Å². The van der Waals surface area contributed by atoms with Gasteiger partial charge in [-0.2, -0.15) is 0 Å². The molecule has 2 aromatic rings. The van der Waals surface area contributed by atoms with Crippen LogP contribution in [0.15, 0.2) is 47.1 Å². The zero-order valence-corrected chi connectivity index (χ0v) is 10.7. The van der Waals surface area contributed by atoms with E-state index in [1.165, 1.54) is 6.07 Å². The highest BCUT2D eigenvalue weighted by molar-refractivity contribution is 9.10. The van der Waals surface area contributed by atoms with Crippen LogP contribution in [-0.2, 0) is 13.1 Å². The zero-order chi connectivity index (χ0) is 12.1. The maximum Gasteiger partial charge on any atom is 0.128 e. The predicted molar refractivity (Wildman–Crippen MR) is 68.9 cm³/mol. The van der Waals surface area contributed by atoms with E-state index in [0.717, 1.165) is 10.2 Å². The van der Waals surface area contributed by atoms with Crippen molar-refractivity contribution in [1.82, 2.24) is 10.3 Å². The quantitative estimate of drug-likeness (QED) is 0.936. The molecule has 2 rings (SSSR count). The number of rotatable bonds is 4. The molecule has 0 amide bonds. The average Bonchev–Trinajstić information content (AvgIpc) is 2.33. The summed E-state index contributed by atoms with van der Waals surface area (Å²) in [5.74, 6) is -0.201. The molecule has 1 heterocycles. The first-order valence-electron chi connectivity index (χ1n) is 5.30. The van der Waals surface area contributed by atoms with E-state index in [9.17, 15) is 4.39 Å². The van der Waals surface area contributed by atoms with Crippen LogP contribution in [-0.4, -0.2) is 4.98 Å².